The maximum absolute atomic E-state index is 12.4. The third-order valence-electron chi connectivity index (χ3n) is 4.16. The second-order valence-electron chi connectivity index (χ2n) is 6.24. The predicted molar refractivity (Wildman–Crippen MR) is 108 cm³/mol. The van der Waals surface area contributed by atoms with E-state index in [1.54, 1.807) is 18.3 Å². The van der Waals surface area contributed by atoms with Crippen LogP contribution in [-0.2, 0) is 4.79 Å². The molecule has 0 saturated heterocycles. The van der Waals surface area contributed by atoms with Crippen molar-refractivity contribution >= 4 is 22.6 Å². The zero-order valence-corrected chi connectivity index (χ0v) is 15.2. The van der Waals surface area contributed by atoms with Crippen molar-refractivity contribution in [2.75, 3.05) is 11.9 Å². The number of pyridine rings is 1. The first-order valence-electron chi connectivity index (χ1n) is 8.79. The van der Waals surface area contributed by atoms with E-state index < -0.39 is 5.91 Å². The number of rotatable bonds is 5. The minimum Gasteiger partial charge on any atom is -0.507 e. The van der Waals surface area contributed by atoms with Gasteiger partial charge in [0.15, 0.2) is 12.0 Å². The Morgan fingerprint density at radius 3 is 2.69 bits per heavy atom. The van der Waals surface area contributed by atoms with E-state index in [-0.39, 0.29) is 34.5 Å². The number of hydrogen-bond donors (Lipinski definition) is 2. The fourth-order valence-corrected chi connectivity index (χ4v) is 2.85. The van der Waals surface area contributed by atoms with E-state index in [9.17, 15) is 14.7 Å². The summed E-state index contributed by atoms with van der Waals surface area (Å²) in [5.74, 6) is -0.103. The van der Waals surface area contributed by atoms with E-state index in [2.05, 4.69) is 10.3 Å². The Bertz CT molecular complexity index is 1220. The molecule has 0 aliphatic rings. The van der Waals surface area contributed by atoms with Gasteiger partial charge in [-0.2, -0.15) is 0 Å². The molecule has 29 heavy (non-hydrogen) atoms. The number of aromatic hydroxyl groups is 1. The van der Waals surface area contributed by atoms with Crippen LogP contribution in [0.5, 0.6) is 11.5 Å². The Hall–Kier alpha value is -4.13. The van der Waals surface area contributed by atoms with Crippen LogP contribution in [-0.4, -0.2) is 22.6 Å². The molecule has 2 aromatic heterocycles. The number of aromatic nitrogens is 1. The number of nitrogens with one attached hydrogen (secondary N) is 1. The molecular weight excluding hydrogens is 372 g/mol. The van der Waals surface area contributed by atoms with Gasteiger partial charge in [0.2, 0.25) is 0 Å². The molecule has 1 amide bonds. The lowest BCUT2D eigenvalue weighted by atomic mass is 10.1. The van der Waals surface area contributed by atoms with Gasteiger partial charge in [-0.25, -0.2) is 0 Å². The molecule has 0 spiro atoms. The van der Waals surface area contributed by atoms with Crippen molar-refractivity contribution in [3.05, 3.63) is 83.3 Å². The Balaban J connectivity index is 1.59. The first-order valence-corrected chi connectivity index (χ1v) is 8.79. The summed E-state index contributed by atoms with van der Waals surface area (Å²) < 4.78 is 11.3. The lowest BCUT2D eigenvalue weighted by Crippen LogP contribution is -2.20. The Morgan fingerprint density at radius 1 is 1.10 bits per heavy atom. The number of ether oxygens (including phenoxy) is 1. The van der Waals surface area contributed by atoms with E-state index in [1.807, 2.05) is 30.3 Å². The Kier molecular flexibility index (Phi) is 4.94. The van der Waals surface area contributed by atoms with Crippen LogP contribution in [0.15, 0.2) is 82.3 Å². The van der Waals surface area contributed by atoms with E-state index >= 15 is 0 Å². The van der Waals surface area contributed by atoms with Crippen molar-refractivity contribution in [1.82, 2.24) is 4.98 Å². The smallest absolute Gasteiger partial charge is 0.262 e. The van der Waals surface area contributed by atoms with Crippen molar-refractivity contribution < 1.29 is 19.1 Å². The summed E-state index contributed by atoms with van der Waals surface area (Å²) in [7, 11) is 0. The number of phenols is 1. The van der Waals surface area contributed by atoms with Crippen LogP contribution in [0.25, 0.3) is 22.3 Å². The third-order valence-corrected chi connectivity index (χ3v) is 4.16. The molecule has 0 aliphatic heterocycles. The van der Waals surface area contributed by atoms with Crippen LogP contribution in [0.3, 0.4) is 0 Å². The van der Waals surface area contributed by atoms with Gasteiger partial charge in [-0.3, -0.25) is 14.6 Å². The van der Waals surface area contributed by atoms with Gasteiger partial charge in [-0.05, 0) is 12.1 Å². The fourth-order valence-electron chi connectivity index (χ4n) is 2.85. The summed E-state index contributed by atoms with van der Waals surface area (Å²) in [6, 6.07) is 16.6. The molecule has 7 heteroatoms. The van der Waals surface area contributed by atoms with Gasteiger partial charge >= 0.3 is 0 Å². The summed E-state index contributed by atoms with van der Waals surface area (Å²) >= 11 is 0. The lowest BCUT2D eigenvalue weighted by molar-refractivity contribution is -0.118. The van der Waals surface area contributed by atoms with Gasteiger partial charge in [-0.15, -0.1) is 0 Å². The van der Waals surface area contributed by atoms with Crippen molar-refractivity contribution in [2.45, 2.75) is 0 Å². The van der Waals surface area contributed by atoms with Gasteiger partial charge in [0.05, 0.1) is 11.9 Å². The van der Waals surface area contributed by atoms with Gasteiger partial charge < -0.3 is 19.6 Å². The minimum absolute atomic E-state index is 0.0526. The Morgan fingerprint density at radius 2 is 1.93 bits per heavy atom. The monoisotopic (exact) mass is 388 g/mol. The molecule has 4 aromatic rings. The number of carbonyl (C=O) groups is 1. The second kappa shape index (κ2) is 7.85. The number of benzene rings is 2. The summed E-state index contributed by atoms with van der Waals surface area (Å²) in [6.45, 7) is -0.289. The Labute approximate surface area is 165 Å². The molecule has 144 valence electrons. The zero-order valence-electron chi connectivity index (χ0n) is 15.2. The highest BCUT2D eigenvalue weighted by Gasteiger charge is 2.13. The molecule has 0 bridgehead atoms. The van der Waals surface area contributed by atoms with Crippen LogP contribution in [0, 0.1) is 0 Å². The molecule has 0 atom stereocenters. The summed E-state index contributed by atoms with van der Waals surface area (Å²) in [5.41, 5.74) is 1.07. The molecule has 2 N–H and O–H groups in total. The largest absolute Gasteiger partial charge is 0.507 e. The number of nitrogens with zero attached hydrogens (tertiary/aromatic N) is 1. The molecular formula is C22H16N2O5. The average molecular weight is 388 g/mol. The predicted octanol–water partition coefficient (Wildman–Crippen LogP) is 3.58. The van der Waals surface area contributed by atoms with Crippen LogP contribution in [0.4, 0.5) is 5.69 Å². The highest BCUT2D eigenvalue weighted by atomic mass is 16.5. The number of amides is 1. The van der Waals surface area contributed by atoms with Crippen LogP contribution >= 0.6 is 0 Å². The highest BCUT2D eigenvalue weighted by molar-refractivity contribution is 5.92. The number of carbonyl (C=O) groups excluding carboxylic acids is 1. The van der Waals surface area contributed by atoms with Gasteiger partial charge in [-0.1, -0.05) is 30.3 Å². The molecule has 0 aliphatic carbocycles. The van der Waals surface area contributed by atoms with Crippen molar-refractivity contribution in [3.63, 3.8) is 0 Å². The number of hydrogen-bond acceptors (Lipinski definition) is 6. The topological polar surface area (TPSA) is 102 Å². The number of phenolic OH excluding ortho intramolecular Hbond substituents is 1. The molecule has 0 radical (unpaired) electrons. The van der Waals surface area contributed by atoms with Crippen LogP contribution in [0.2, 0.25) is 0 Å². The van der Waals surface area contributed by atoms with Crippen molar-refractivity contribution in [2.24, 2.45) is 0 Å². The average Bonchev–Trinajstić information content (AvgIpc) is 2.73. The molecule has 2 aromatic carbocycles. The second-order valence-corrected chi connectivity index (χ2v) is 6.24. The summed E-state index contributed by atoms with van der Waals surface area (Å²) in [4.78, 5) is 28.4. The van der Waals surface area contributed by atoms with E-state index in [4.69, 9.17) is 9.15 Å². The normalized spacial score (nSPS) is 10.6. The van der Waals surface area contributed by atoms with E-state index in [0.717, 1.165) is 5.56 Å². The molecule has 4 rings (SSSR count). The summed E-state index contributed by atoms with van der Waals surface area (Å²) in [6.07, 6.45) is 3.11. The quantitative estimate of drug-likeness (QED) is 0.542. The fraction of sp³-hybridized carbons (Fsp3) is 0.0455. The standard InChI is InChI=1S/C22H16N2O5/c25-17-9-16(28-13-21(27)24-15-7-4-8-23-12-15)10-20-22(17)18(26)11-19(29-20)14-5-2-1-3-6-14/h1-12,25H,13H2,(H,24,27). The molecule has 2 heterocycles. The zero-order chi connectivity index (χ0) is 20.2. The van der Waals surface area contributed by atoms with Crippen molar-refractivity contribution in [3.8, 4) is 22.8 Å². The number of anilines is 1. The molecule has 0 saturated carbocycles. The van der Waals surface area contributed by atoms with Crippen LogP contribution in [0.1, 0.15) is 0 Å². The van der Waals surface area contributed by atoms with Gasteiger partial charge in [0.25, 0.3) is 5.91 Å². The molecule has 7 nitrogen and oxygen atoms in total. The van der Waals surface area contributed by atoms with Gasteiger partial charge in [0.1, 0.15) is 28.2 Å². The van der Waals surface area contributed by atoms with Crippen molar-refractivity contribution in [1.29, 1.82) is 0 Å². The molecule has 0 unspecified atom stereocenters. The first-order chi connectivity index (χ1) is 14.1. The molecule has 0 fully saturated rings. The summed E-state index contributed by atoms with van der Waals surface area (Å²) in [5, 5.41) is 12.9. The van der Waals surface area contributed by atoms with Gasteiger partial charge in [0, 0.05) is 30.0 Å². The minimum atomic E-state index is -0.392. The number of fused-ring (bicyclic) bond motifs is 1. The van der Waals surface area contributed by atoms with Crippen LogP contribution < -0.4 is 15.5 Å². The highest BCUT2D eigenvalue weighted by Crippen LogP contribution is 2.31. The third kappa shape index (κ3) is 4.08. The lowest BCUT2D eigenvalue weighted by Gasteiger charge is -2.09. The first kappa shape index (κ1) is 18.2. The maximum Gasteiger partial charge on any atom is 0.262 e. The maximum atomic E-state index is 12.4. The SMILES string of the molecule is O=C(COc1cc(O)c2c(=O)cc(-c3ccccc3)oc2c1)Nc1cccnc1. The van der Waals surface area contributed by atoms with E-state index in [0.29, 0.717) is 11.4 Å². The van der Waals surface area contributed by atoms with E-state index in [1.165, 1.54) is 24.4 Å².